The Morgan fingerprint density at radius 3 is 2.78 bits per heavy atom. The lowest BCUT2D eigenvalue weighted by Crippen LogP contribution is -2.27. The molecule has 0 radical (unpaired) electrons. The predicted octanol–water partition coefficient (Wildman–Crippen LogP) is 2.57. The highest BCUT2D eigenvalue weighted by Crippen LogP contribution is 2.20. The first kappa shape index (κ1) is 15.4. The third kappa shape index (κ3) is 5.36. The van der Waals surface area contributed by atoms with Crippen molar-refractivity contribution in [2.45, 2.75) is 12.5 Å². The Bertz CT molecular complexity index is 346. The lowest BCUT2D eigenvalue weighted by Gasteiger charge is -2.21. The Morgan fingerprint density at radius 2 is 2.17 bits per heavy atom. The second-order valence-corrected chi connectivity index (χ2v) is 4.92. The summed E-state index contributed by atoms with van der Waals surface area (Å²) in [6, 6.07) is 8.38. The number of nitrogens with one attached hydrogen (secondary N) is 1. The number of methoxy groups -OCH3 is 1. The van der Waals surface area contributed by atoms with Gasteiger partial charge in [0.05, 0.1) is 6.61 Å². The van der Waals surface area contributed by atoms with E-state index in [2.05, 4.69) is 23.3 Å². The molecule has 1 rings (SSSR count). The lowest BCUT2D eigenvalue weighted by atomic mass is 10.0. The Balaban J connectivity index is 2.47. The highest BCUT2D eigenvalue weighted by Gasteiger charge is 2.10. The van der Waals surface area contributed by atoms with Gasteiger partial charge < -0.3 is 15.0 Å². The first-order valence-electron chi connectivity index (χ1n) is 6.27. The van der Waals surface area contributed by atoms with Crippen molar-refractivity contribution in [3.8, 4) is 0 Å². The Hall–Kier alpha value is -0.610. The summed E-state index contributed by atoms with van der Waals surface area (Å²) in [6.45, 7) is 2.77. The molecular formula is C14H23ClN2O. The molecule has 4 heteroatoms. The van der Waals surface area contributed by atoms with Crippen LogP contribution >= 0.6 is 11.6 Å². The summed E-state index contributed by atoms with van der Waals surface area (Å²) >= 11 is 6.02. The van der Waals surface area contributed by atoms with Crippen LogP contribution in [0, 0.1) is 0 Å². The lowest BCUT2D eigenvalue weighted by molar-refractivity contribution is 0.159. The van der Waals surface area contributed by atoms with Crippen LogP contribution in [0.4, 0.5) is 0 Å². The summed E-state index contributed by atoms with van der Waals surface area (Å²) < 4.78 is 5.07. The SMILES string of the molecule is CNC(CCN(C)CCOC)c1cccc(Cl)c1. The largest absolute Gasteiger partial charge is 0.383 e. The molecule has 3 nitrogen and oxygen atoms in total. The van der Waals surface area contributed by atoms with Gasteiger partial charge in [-0.2, -0.15) is 0 Å². The van der Waals surface area contributed by atoms with Gasteiger partial charge in [0.25, 0.3) is 0 Å². The van der Waals surface area contributed by atoms with E-state index in [4.69, 9.17) is 16.3 Å². The third-order valence-corrected chi connectivity index (χ3v) is 3.31. The molecule has 0 fully saturated rings. The number of rotatable bonds is 8. The summed E-state index contributed by atoms with van der Waals surface area (Å²) in [5.41, 5.74) is 1.24. The van der Waals surface area contributed by atoms with Gasteiger partial charge in [0, 0.05) is 24.7 Å². The summed E-state index contributed by atoms with van der Waals surface area (Å²) in [5.74, 6) is 0. The zero-order chi connectivity index (χ0) is 13.4. The van der Waals surface area contributed by atoms with Crippen LogP contribution in [-0.4, -0.2) is 45.8 Å². The standard InChI is InChI=1S/C14H23ClN2O/c1-16-14(7-8-17(2)9-10-18-3)12-5-4-6-13(15)11-12/h4-6,11,14,16H,7-10H2,1-3H3. The number of ether oxygens (including phenoxy) is 1. The van der Waals surface area contributed by atoms with Gasteiger partial charge in [-0.05, 0) is 44.8 Å². The van der Waals surface area contributed by atoms with Crippen LogP contribution in [0.2, 0.25) is 5.02 Å². The Kier molecular flexibility index (Phi) is 7.28. The van der Waals surface area contributed by atoms with E-state index in [1.165, 1.54) is 5.56 Å². The molecule has 0 bridgehead atoms. The summed E-state index contributed by atoms with van der Waals surface area (Å²) in [6.07, 6.45) is 1.05. The van der Waals surface area contributed by atoms with Gasteiger partial charge in [-0.1, -0.05) is 23.7 Å². The van der Waals surface area contributed by atoms with Crippen molar-refractivity contribution in [1.29, 1.82) is 0 Å². The molecule has 0 aliphatic heterocycles. The maximum Gasteiger partial charge on any atom is 0.0589 e. The second kappa shape index (κ2) is 8.48. The molecule has 102 valence electrons. The molecular weight excluding hydrogens is 248 g/mol. The number of likely N-dealkylation sites (N-methyl/N-ethyl adjacent to an activating group) is 1. The number of nitrogens with zero attached hydrogens (tertiary/aromatic N) is 1. The average Bonchev–Trinajstić information content (AvgIpc) is 2.37. The normalized spacial score (nSPS) is 12.9. The zero-order valence-corrected chi connectivity index (χ0v) is 12.2. The first-order valence-corrected chi connectivity index (χ1v) is 6.65. The molecule has 0 amide bonds. The van der Waals surface area contributed by atoms with Crippen LogP contribution in [-0.2, 0) is 4.74 Å². The zero-order valence-electron chi connectivity index (χ0n) is 11.4. The highest BCUT2D eigenvalue weighted by atomic mass is 35.5. The van der Waals surface area contributed by atoms with Gasteiger partial charge in [0.1, 0.15) is 0 Å². The molecule has 1 N–H and O–H groups in total. The average molecular weight is 271 g/mol. The van der Waals surface area contributed by atoms with Gasteiger partial charge in [-0.25, -0.2) is 0 Å². The first-order chi connectivity index (χ1) is 8.67. The van der Waals surface area contributed by atoms with Crippen LogP contribution in [0.25, 0.3) is 0 Å². The smallest absolute Gasteiger partial charge is 0.0589 e. The number of hydrogen-bond acceptors (Lipinski definition) is 3. The molecule has 0 heterocycles. The van der Waals surface area contributed by atoms with Crippen molar-refractivity contribution in [2.24, 2.45) is 0 Å². The van der Waals surface area contributed by atoms with Crippen molar-refractivity contribution >= 4 is 11.6 Å². The van der Waals surface area contributed by atoms with Gasteiger partial charge in [0.15, 0.2) is 0 Å². The van der Waals surface area contributed by atoms with Crippen LogP contribution < -0.4 is 5.32 Å². The molecule has 0 aromatic heterocycles. The molecule has 1 aromatic carbocycles. The molecule has 1 aromatic rings. The maximum absolute atomic E-state index is 6.02. The molecule has 0 spiro atoms. The third-order valence-electron chi connectivity index (χ3n) is 3.08. The van der Waals surface area contributed by atoms with Crippen LogP contribution in [0.1, 0.15) is 18.0 Å². The monoisotopic (exact) mass is 270 g/mol. The Morgan fingerprint density at radius 1 is 1.39 bits per heavy atom. The van der Waals surface area contributed by atoms with Gasteiger partial charge in [-0.15, -0.1) is 0 Å². The van der Waals surface area contributed by atoms with Crippen molar-refractivity contribution in [3.05, 3.63) is 34.9 Å². The van der Waals surface area contributed by atoms with E-state index in [0.29, 0.717) is 6.04 Å². The van der Waals surface area contributed by atoms with E-state index in [-0.39, 0.29) is 0 Å². The van der Waals surface area contributed by atoms with Crippen molar-refractivity contribution in [1.82, 2.24) is 10.2 Å². The number of hydrogen-bond donors (Lipinski definition) is 1. The fourth-order valence-electron chi connectivity index (χ4n) is 1.91. The van der Waals surface area contributed by atoms with Crippen LogP contribution in [0.5, 0.6) is 0 Å². The minimum absolute atomic E-state index is 0.341. The minimum atomic E-state index is 0.341. The topological polar surface area (TPSA) is 24.5 Å². The molecule has 0 aliphatic rings. The quantitative estimate of drug-likeness (QED) is 0.786. The van der Waals surface area contributed by atoms with E-state index < -0.39 is 0 Å². The fraction of sp³-hybridized carbons (Fsp3) is 0.571. The van der Waals surface area contributed by atoms with Crippen molar-refractivity contribution in [3.63, 3.8) is 0 Å². The van der Waals surface area contributed by atoms with E-state index >= 15 is 0 Å². The molecule has 0 saturated heterocycles. The van der Waals surface area contributed by atoms with Gasteiger partial charge in [-0.3, -0.25) is 0 Å². The Labute approximate surface area is 115 Å². The number of benzene rings is 1. The molecule has 18 heavy (non-hydrogen) atoms. The summed E-state index contributed by atoms with van der Waals surface area (Å²) in [7, 11) is 5.83. The molecule has 1 atom stereocenters. The maximum atomic E-state index is 6.02. The molecule has 0 saturated carbocycles. The fourth-order valence-corrected chi connectivity index (χ4v) is 2.11. The summed E-state index contributed by atoms with van der Waals surface area (Å²) in [5, 5.41) is 4.13. The molecule has 1 unspecified atom stereocenters. The van der Waals surface area contributed by atoms with Gasteiger partial charge >= 0.3 is 0 Å². The van der Waals surface area contributed by atoms with Crippen LogP contribution in [0.3, 0.4) is 0 Å². The second-order valence-electron chi connectivity index (χ2n) is 4.48. The predicted molar refractivity (Wildman–Crippen MR) is 77.2 cm³/mol. The molecule has 0 aliphatic carbocycles. The van der Waals surface area contributed by atoms with Crippen molar-refractivity contribution in [2.75, 3.05) is 40.9 Å². The highest BCUT2D eigenvalue weighted by molar-refractivity contribution is 6.30. The van der Waals surface area contributed by atoms with Crippen LogP contribution in [0.15, 0.2) is 24.3 Å². The van der Waals surface area contributed by atoms with E-state index in [1.54, 1.807) is 7.11 Å². The van der Waals surface area contributed by atoms with E-state index in [0.717, 1.165) is 31.1 Å². The van der Waals surface area contributed by atoms with Crippen molar-refractivity contribution < 1.29 is 4.74 Å². The van der Waals surface area contributed by atoms with E-state index in [9.17, 15) is 0 Å². The van der Waals surface area contributed by atoms with Gasteiger partial charge in [0.2, 0.25) is 0 Å². The number of halogens is 1. The van der Waals surface area contributed by atoms with E-state index in [1.807, 2.05) is 25.2 Å². The summed E-state index contributed by atoms with van der Waals surface area (Å²) in [4.78, 5) is 2.28. The minimum Gasteiger partial charge on any atom is -0.383 e.